The molecule has 0 amide bonds. The zero-order valence-electron chi connectivity index (χ0n) is 11.5. The van der Waals surface area contributed by atoms with E-state index in [9.17, 15) is 0 Å². The van der Waals surface area contributed by atoms with Crippen LogP contribution < -0.4 is 16.0 Å². The summed E-state index contributed by atoms with van der Waals surface area (Å²) in [6.07, 6.45) is 4.33. The third kappa shape index (κ3) is 3.03. The summed E-state index contributed by atoms with van der Waals surface area (Å²) >= 11 is 1.83. The molecule has 1 aliphatic rings. The molecule has 1 aliphatic heterocycles. The van der Waals surface area contributed by atoms with Gasteiger partial charge >= 0.3 is 0 Å². The predicted molar refractivity (Wildman–Crippen MR) is 83.0 cm³/mol. The van der Waals surface area contributed by atoms with Crippen molar-refractivity contribution < 1.29 is 4.74 Å². The van der Waals surface area contributed by atoms with E-state index in [1.165, 1.54) is 16.0 Å². The molecule has 1 unspecified atom stereocenters. The molecule has 0 saturated heterocycles. The fourth-order valence-electron chi connectivity index (χ4n) is 2.70. The number of nitrogens with two attached hydrogens (primary N) is 1. The van der Waals surface area contributed by atoms with Crippen molar-refractivity contribution in [2.45, 2.75) is 31.7 Å². The number of rotatable bonds is 6. The number of hydrogen-bond acceptors (Lipinski definition) is 4. The van der Waals surface area contributed by atoms with Gasteiger partial charge in [-0.2, -0.15) is 0 Å². The molecular weight excluding hydrogens is 268 g/mol. The van der Waals surface area contributed by atoms with Crippen LogP contribution in [-0.4, -0.2) is 6.61 Å². The van der Waals surface area contributed by atoms with Crippen LogP contribution in [0, 0.1) is 0 Å². The molecular formula is C16H20N2OS. The maximum absolute atomic E-state index is 5.73. The molecule has 1 atom stereocenters. The van der Waals surface area contributed by atoms with E-state index in [0.717, 1.165) is 38.0 Å². The molecule has 3 rings (SSSR count). The summed E-state index contributed by atoms with van der Waals surface area (Å²) in [6.45, 7) is 0.803. The molecule has 0 bridgehead atoms. The molecule has 0 radical (unpaired) electrons. The molecule has 4 heteroatoms. The Kier molecular flexibility index (Phi) is 4.35. The Morgan fingerprint density at radius 2 is 2.30 bits per heavy atom. The molecule has 0 spiro atoms. The third-order valence-corrected chi connectivity index (χ3v) is 4.75. The molecule has 2 heterocycles. The maximum Gasteiger partial charge on any atom is 0.122 e. The zero-order chi connectivity index (χ0) is 13.8. The van der Waals surface area contributed by atoms with Gasteiger partial charge in [-0.15, -0.1) is 11.3 Å². The molecule has 106 valence electrons. The van der Waals surface area contributed by atoms with Crippen LogP contribution in [0.1, 0.15) is 34.9 Å². The summed E-state index contributed by atoms with van der Waals surface area (Å²) in [5.74, 6) is 6.76. The molecule has 1 aromatic carbocycles. The van der Waals surface area contributed by atoms with E-state index in [2.05, 4.69) is 41.1 Å². The molecule has 0 saturated carbocycles. The van der Waals surface area contributed by atoms with Crippen LogP contribution in [0.2, 0.25) is 0 Å². The molecule has 0 fully saturated rings. The summed E-state index contributed by atoms with van der Waals surface area (Å²) < 4.78 is 5.55. The van der Waals surface area contributed by atoms with E-state index in [4.69, 9.17) is 10.6 Å². The van der Waals surface area contributed by atoms with Crippen molar-refractivity contribution in [2.75, 3.05) is 6.61 Å². The number of nitrogens with one attached hydrogen (secondary N) is 1. The summed E-state index contributed by atoms with van der Waals surface area (Å²) in [7, 11) is 0. The first-order valence-electron chi connectivity index (χ1n) is 7.11. The standard InChI is InChI=1S/C16H20N2OS/c17-18-15(5-1-3-14-4-2-10-20-14)12-6-7-16-13(11-12)8-9-19-16/h2,4,6-7,10-11,15,18H,1,3,5,8-9,17H2. The topological polar surface area (TPSA) is 47.3 Å². The first kappa shape index (κ1) is 13.6. The van der Waals surface area contributed by atoms with E-state index >= 15 is 0 Å². The minimum atomic E-state index is 0.223. The summed E-state index contributed by atoms with van der Waals surface area (Å²) in [4.78, 5) is 1.45. The van der Waals surface area contributed by atoms with Crippen LogP contribution in [0.4, 0.5) is 0 Å². The lowest BCUT2D eigenvalue weighted by Gasteiger charge is -2.17. The average molecular weight is 288 g/mol. The fourth-order valence-corrected chi connectivity index (χ4v) is 3.46. The second-order valence-electron chi connectivity index (χ2n) is 5.16. The number of fused-ring (bicyclic) bond motifs is 1. The number of aryl methyl sites for hydroxylation is 1. The van der Waals surface area contributed by atoms with Gasteiger partial charge in [0.25, 0.3) is 0 Å². The number of ether oxygens (including phenoxy) is 1. The maximum atomic E-state index is 5.73. The second kappa shape index (κ2) is 6.39. The van der Waals surface area contributed by atoms with Gasteiger partial charge in [-0.1, -0.05) is 18.2 Å². The first-order valence-corrected chi connectivity index (χ1v) is 7.99. The van der Waals surface area contributed by atoms with E-state index in [1.807, 2.05) is 11.3 Å². The van der Waals surface area contributed by atoms with Gasteiger partial charge in [0.1, 0.15) is 5.75 Å². The van der Waals surface area contributed by atoms with E-state index < -0.39 is 0 Å². The third-order valence-electron chi connectivity index (χ3n) is 3.81. The normalized spacial score (nSPS) is 14.8. The quantitative estimate of drug-likeness (QED) is 0.634. The summed E-state index contributed by atoms with van der Waals surface area (Å²) in [5.41, 5.74) is 5.53. The van der Waals surface area contributed by atoms with Gasteiger partial charge in [-0.05, 0) is 47.9 Å². The highest BCUT2D eigenvalue weighted by molar-refractivity contribution is 7.09. The molecule has 3 nitrogen and oxygen atoms in total. The van der Waals surface area contributed by atoms with Gasteiger partial charge in [-0.25, -0.2) is 0 Å². The lowest BCUT2D eigenvalue weighted by molar-refractivity contribution is 0.356. The minimum Gasteiger partial charge on any atom is -0.493 e. The Morgan fingerprint density at radius 1 is 1.35 bits per heavy atom. The van der Waals surface area contributed by atoms with Gasteiger partial charge in [0.2, 0.25) is 0 Å². The minimum absolute atomic E-state index is 0.223. The van der Waals surface area contributed by atoms with Crippen molar-refractivity contribution in [3.05, 3.63) is 51.7 Å². The van der Waals surface area contributed by atoms with Gasteiger partial charge in [0.15, 0.2) is 0 Å². The molecule has 20 heavy (non-hydrogen) atoms. The average Bonchev–Trinajstić information content (AvgIpc) is 3.13. The number of hydrogen-bond donors (Lipinski definition) is 2. The van der Waals surface area contributed by atoms with Gasteiger partial charge < -0.3 is 4.74 Å². The van der Waals surface area contributed by atoms with Crippen LogP contribution in [-0.2, 0) is 12.8 Å². The molecule has 1 aromatic heterocycles. The Hall–Kier alpha value is -1.36. The Labute approximate surface area is 123 Å². The highest BCUT2D eigenvalue weighted by Crippen LogP contribution is 2.29. The highest BCUT2D eigenvalue weighted by Gasteiger charge is 2.16. The van der Waals surface area contributed by atoms with Crippen LogP contribution in [0.25, 0.3) is 0 Å². The Balaban J connectivity index is 1.61. The second-order valence-corrected chi connectivity index (χ2v) is 6.19. The van der Waals surface area contributed by atoms with Crippen molar-refractivity contribution in [3.8, 4) is 5.75 Å². The fraction of sp³-hybridized carbons (Fsp3) is 0.375. The zero-order valence-corrected chi connectivity index (χ0v) is 12.3. The lowest BCUT2D eigenvalue weighted by Crippen LogP contribution is -2.28. The molecule has 0 aliphatic carbocycles. The number of thiophene rings is 1. The van der Waals surface area contributed by atoms with E-state index in [0.29, 0.717) is 0 Å². The largest absolute Gasteiger partial charge is 0.493 e. The van der Waals surface area contributed by atoms with Crippen LogP contribution in [0.15, 0.2) is 35.7 Å². The van der Waals surface area contributed by atoms with E-state index in [1.54, 1.807) is 0 Å². The SMILES string of the molecule is NNC(CCCc1cccs1)c1ccc2c(c1)CCO2. The van der Waals surface area contributed by atoms with Gasteiger partial charge in [-0.3, -0.25) is 11.3 Å². The van der Waals surface area contributed by atoms with E-state index in [-0.39, 0.29) is 6.04 Å². The van der Waals surface area contributed by atoms with Gasteiger partial charge in [0, 0.05) is 17.3 Å². The predicted octanol–water partition coefficient (Wildman–Crippen LogP) is 3.21. The van der Waals surface area contributed by atoms with Gasteiger partial charge in [0.05, 0.1) is 6.61 Å². The molecule has 3 N–H and O–H groups in total. The Bertz CT molecular complexity index is 554. The van der Waals surface area contributed by atoms with Crippen molar-refractivity contribution in [2.24, 2.45) is 5.84 Å². The van der Waals surface area contributed by atoms with Crippen molar-refractivity contribution in [1.82, 2.24) is 5.43 Å². The van der Waals surface area contributed by atoms with Crippen molar-refractivity contribution >= 4 is 11.3 Å². The first-order chi connectivity index (χ1) is 9.86. The van der Waals surface area contributed by atoms with Crippen LogP contribution >= 0.6 is 11.3 Å². The summed E-state index contributed by atoms with van der Waals surface area (Å²) in [5, 5.41) is 2.13. The Morgan fingerprint density at radius 3 is 3.10 bits per heavy atom. The van der Waals surface area contributed by atoms with Crippen LogP contribution in [0.3, 0.4) is 0 Å². The number of hydrazine groups is 1. The smallest absolute Gasteiger partial charge is 0.122 e. The van der Waals surface area contributed by atoms with Crippen molar-refractivity contribution in [3.63, 3.8) is 0 Å². The molecule has 2 aromatic rings. The number of benzene rings is 1. The summed E-state index contributed by atoms with van der Waals surface area (Å²) in [6, 6.07) is 11.0. The van der Waals surface area contributed by atoms with Crippen molar-refractivity contribution in [1.29, 1.82) is 0 Å². The monoisotopic (exact) mass is 288 g/mol. The van der Waals surface area contributed by atoms with Crippen LogP contribution in [0.5, 0.6) is 5.75 Å². The lowest BCUT2D eigenvalue weighted by atomic mass is 9.98. The highest BCUT2D eigenvalue weighted by atomic mass is 32.1.